The molecule has 1 unspecified atom stereocenters. The molecule has 0 aliphatic heterocycles. The zero-order valence-corrected chi connectivity index (χ0v) is 12.6. The van der Waals surface area contributed by atoms with Gasteiger partial charge in [-0.3, -0.25) is 0 Å². The van der Waals surface area contributed by atoms with Crippen LogP contribution in [0.15, 0.2) is 30.3 Å². The predicted molar refractivity (Wildman–Crippen MR) is 85.3 cm³/mol. The molecule has 1 aromatic carbocycles. The van der Waals surface area contributed by atoms with Gasteiger partial charge in [0.25, 0.3) is 0 Å². The normalized spacial score (nSPS) is 12.5. The number of aryl methyl sites for hydroxylation is 1. The Bertz CT molecular complexity index is 292. The molecule has 0 spiro atoms. The maximum absolute atomic E-state index is 5.74. The summed E-state index contributed by atoms with van der Waals surface area (Å²) in [5, 5.41) is 0. The third kappa shape index (κ3) is 9.72. The first kappa shape index (κ1) is 16.2. The van der Waals surface area contributed by atoms with Crippen molar-refractivity contribution in [3.05, 3.63) is 35.9 Å². The maximum atomic E-state index is 5.74. The Hall–Kier alpha value is -0.820. The van der Waals surface area contributed by atoms with E-state index < -0.39 is 0 Å². The lowest BCUT2D eigenvalue weighted by atomic mass is 10.0. The molecular formula is C18H31N. The summed E-state index contributed by atoms with van der Waals surface area (Å²) in [5.41, 5.74) is 7.22. The van der Waals surface area contributed by atoms with Crippen LogP contribution in [0.1, 0.15) is 70.3 Å². The molecule has 0 amide bonds. The monoisotopic (exact) mass is 261 g/mol. The van der Waals surface area contributed by atoms with Crippen LogP contribution < -0.4 is 5.73 Å². The van der Waals surface area contributed by atoms with Crippen LogP contribution in [-0.2, 0) is 6.42 Å². The molecule has 19 heavy (non-hydrogen) atoms. The van der Waals surface area contributed by atoms with Gasteiger partial charge in [0.1, 0.15) is 0 Å². The molecule has 0 fully saturated rings. The van der Waals surface area contributed by atoms with Gasteiger partial charge in [0.2, 0.25) is 0 Å². The van der Waals surface area contributed by atoms with Gasteiger partial charge in [-0.05, 0) is 31.7 Å². The van der Waals surface area contributed by atoms with Crippen LogP contribution in [0.4, 0.5) is 0 Å². The molecule has 0 saturated heterocycles. The lowest BCUT2D eigenvalue weighted by Crippen LogP contribution is -2.13. The molecule has 0 bridgehead atoms. The molecule has 2 N–H and O–H groups in total. The van der Waals surface area contributed by atoms with E-state index in [-0.39, 0.29) is 0 Å². The van der Waals surface area contributed by atoms with Crippen molar-refractivity contribution in [2.45, 2.75) is 77.2 Å². The number of hydrogen-bond acceptors (Lipinski definition) is 1. The van der Waals surface area contributed by atoms with Crippen LogP contribution in [0.3, 0.4) is 0 Å². The van der Waals surface area contributed by atoms with Crippen molar-refractivity contribution in [2.24, 2.45) is 5.73 Å². The van der Waals surface area contributed by atoms with Gasteiger partial charge in [-0.2, -0.15) is 0 Å². The maximum Gasteiger partial charge on any atom is 0.00104 e. The van der Waals surface area contributed by atoms with E-state index in [1.165, 1.54) is 69.8 Å². The molecule has 0 radical (unpaired) electrons. The van der Waals surface area contributed by atoms with Crippen LogP contribution in [-0.4, -0.2) is 6.04 Å². The molecule has 0 aliphatic rings. The van der Waals surface area contributed by atoms with E-state index in [1.54, 1.807) is 0 Å². The second-order valence-corrected chi connectivity index (χ2v) is 5.83. The second-order valence-electron chi connectivity index (χ2n) is 5.83. The van der Waals surface area contributed by atoms with Crippen molar-refractivity contribution in [3.8, 4) is 0 Å². The van der Waals surface area contributed by atoms with E-state index in [0.717, 1.165) is 0 Å². The highest BCUT2D eigenvalue weighted by Gasteiger charge is 1.96. The Morgan fingerprint density at radius 3 is 1.89 bits per heavy atom. The molecule has 1 rings (SSSR count). The van der Waals surface area contributed by atoms with E-state index in [2.05, 4.69) is 37.3 Å². The molecule has 1 nitrogen and oxygen atoms in total. The molecule has 0 aromatic heterocycles. The van der Waals surface area contributed by atoms with Crippen molar-refractivity contribution in [1.82, 2.24) is 0 Å². The van der Waals surface area contributed by atoms with Gasteiger partial charge in [-0.15, -0.1) is 0 Å². The lowest BCUT2D eigenvalue weighted by Gasteiger charge is -2.05. The first-order valence-corrected chi connectivity index (χ1v) is 8.08. The third-order valence-electron chi connectivity index (χ3n) is 3.72. The molecule has 1 heteroatoms. The summed E-state index contributed by atoms with van der Waals surface area (Å²) in [7, 11) is 0. The first-order valence-electron chi connectivity index (χ1n) is 8.08. The molecule has 0 aliphatic carbocycles. The van der Waals surface area contributed by atoms with E-state index in [9.17, 15) is 0 Å². The van der Waals surface area contributed by atoms with Gasteiger partial charge in [-0.1, -0.05) is 75.3 Å². The SMILES string of the molecule is CC(N)CCCCCCCCCCc1ccccc1. The minimum absolute atomic E-state index is 0.387. The molecule has 1 atom stereocenters. The Labute approximate surface area is 119 Å². The molecule has 1 aromatic rings. The van der Waals surface area contributed by atoms with Gasteiger partial charge in [0, 0.05) is 6.04 Å². The van der Waals surface area contributed by atoms with Crippen LogP contribution in [0.5, 0.6) is 0 Å². The number of hydrogen-bond donors (Lipinski definition) is 1. The van der Waals surface area contributed by atoms with Gasteiger partial charge in [0.15, 0.2) is 0 Å². The molecule has 0 saturated carbocycles. The summed E-state index contributed by atoms with van der Waals surface area (Å²) >= 11 is 0. The highest BCUT2D eigenvalue weighted by molar-refractivity contribution is 5.14. The summed E-state index contributed by atoms with van der Waals surface area (Å²) < 4.78 is 0. The predicted octanol–water partition coefficient (Wildman–Crippen LogP) is 5.09. The highest BCUT2D eigenvalue weighted by Crippen LogP contribution is 2.12. The quantitative estimate of drug-likeness (QED) is 0.552. The Morgan fingerprint density at radius 1 is 0.789 bits per heavy atom. The largest absolute Gasteiger partial charge is 0.328 e. The first-order chi connectivity index (χ1) is 9.29. The number of rotatable bonds is 11. The third-order valence-corrected chi connectivity index (χ3v) is 3.72. The van der Waals surface area contributed by atoms with Crippen LogP contribution in [0, 0.1) is 0 Å². The smallest absolute Gasteiger partial charge is 0.00104 e. The van der Waals surface area contributed by atoms with Crippen molar-refractivity contribution in [2.75, 3.05) is 0 Å². The van der Waals surface area contributed by atoms with Gasteiger partial charge in [-0.25, -0.2) is 0 Å². The zero-order chi connectivity index (χ0) is 13.8. The summed E-state index contributed by atoms with van der Waals surface area (Å²) in [6.07, 6.45) is 13.5. The Balaban J connectivity index is 1.81. The fourth-order valence-electron chi connectivity index (χ4n) is 2.50. The summed E-state index contributed by atoms with van der Waals surface area (Å²) in [6, 6.07) is 11.2. The van der Waals surface area contributed by atoms with Crippen molar-refractivity contribution in [3.63, 3.8) is 0 Å². The number of nitrogens with two attached hydrogens (primary N) is 1. The van der Waals surface area contributed by atoms with Gasteiger partial charge < -0.3 is 5.73 Å². The number of unbranched alkanes of at least 4 members (excludes halogenated alkanes) is 7. The van der Waals surface area contributed by atoms with Crippen LogP contribution in [0.2, 0.25) is 0 Å². The number of benzene rings is 1. The minimum atomic E-state index is 0.387. The lowest BCUT2D eigenvalue weighted by molar-refractivity contribution is 0.538. The van der Waals surface area contributed by atoms with Crippen molar-refractivity contribution < 1.29 is 0 Å². The average molecular weight is 261 g/mol. The Kier molecular flexibility index (Phi) is 9.44. The fourth-order valence-corrected chi connectivity index (χ4v) is 2.50. The molecule has 0 heterocycles. The topological polar surface area (TPSA) is 26.0 Å². The highest BCUT2D eigenvalue weighted by atomic mass is 14.6. The van der Waals surface area contributed by atoms with E-state index in [1.807, 2.05) is 0 Å². The van der Waals surface area contributed by atoms with E-state index in [4.69, 9.17) is 5.73 Å². The van der Waals surface area contributed by atoms with Crippen LogP contribution in [0.25, 0.3) is 0 Å². The van der Waals surface area contributed by atoms with E-state index in [0.29, 0.717) is 6.04 Å². The standard InChI is InChI=1S/C18H31N/c1-17(19)13-9-6-4-2-3-5-7-10-14-18-15-11-8-12-16-18/h8,11-12,15-17H,2-7,9-10,13-14,19H2,1H3. The summed E-state index contributed by atoms with van der Waals surface area (Å²) in [4.78, 5) is 0. The molecule has 108 valence electrons. The minimum Gasteiger partial charge on any atom is -0.328 e. The fraction of sp³-hybridized carbons (Fsp3) is 0.667. The zero-order valence-electron chi connectivity index (χ0n) is 12.6. The molecular weight excluding hydrogens is 230 g/mol. The van der Waals surface area contributed by atoms with Gasteiger partial charge in [0.05, 0.1) is 0 Å². The average Bonchev–Trinajstić information content (AvgIpc) is 2.42. The second kappa shape index (κ2) is 11.0. The summed E-state index contributed by atoms with van der Waals surface area (Å²) in [6.45, 7) is 2.10. The van der Waals surface area contributed by atoms with Crippen LogP contribution >= 0.6 is 0 Å². The Morgan fingerprint density at radius 2 is 1.32 bits per heavy atom. The van der Waals surface area contributed by atoms with E-state index >= 15 is 0 Å². The van der Waals surface area contributed by atoms with Gasteiger partial charge >= 0.3 is 0 Å². The van der Waals surface area contributed by atoms with Crippen molar-refractivity contribution >= 4 is 0 Å². The summed E-state index contributed by atoms with van der Waals surface area (Å²) in [5.74, 6) is 0. The van der Waals surface area contributed by atoms with Crippen molar-refractivity contribution in [1.29, 1.82) is 0 Å².